The molecule has 2 aliphatic rings. The van der Waals surface area contributed by atoms with Gasteiger partial charge in [0.15, 0.2) is 0 Å². The van der Waals surface area contributed by atoms with E-state index in [1.54, 1.807) is 0 Å². The third kappa shape index (κ3) is 3.95. The van der Waals surface area contributed by atoms with Gasteiger partial charge in [-0.25, -0.2) is 0 Å². The Morgan fingerprint density at radius 2 is 1.03 bits per heavy atom. The summed E-state index contributed by atoms with van der Waals surface area (Å²) in [6, 6.07) is 8.84. The van der Waals surface area contributed by atoms with Gasteiger partial charge < -0.3 is 10.2 Å². The minimum Gasteiger partial charge on any atom is -0.507 e. The molecule has 2 nitrogen and oxygen atoms in total. The van der Waals surface area contributed by atoms with E-state index in [-0.39, 0.29) is 16.7 Å². The molecule has 2 heteroatoms. The van der Waals surface area contributed by atoms with E-state index in [2.05, 4.69) is 58.9 Å². The Bertz CT molecular complexity index is 895. The van der Waals surface area contributed by atoms with Crippen molar-refractivity contribution in [1.29, 1.82) is 0 Å². The van der Waals surface area contributed by atoms with Gasteiger partial charge in [0.2, 0.25) is 0 Å². The molecule has 0 aliphatic heterocycles. The second-order valence-electron chi connectivity index (χ2n) is 11.1. The second-order valence-corrected chi connectivity index (χ2v) is 11.1. The lowest BCUT2D eigenvalue weighted by molar-refractivity contribution is 0.409. The van der Waals surface area contributed by atoms with Gasteiger partial charge in [-0.3, -0.25) is 0 Å². The first kappa shape index (κ1) is 23.2. The number of hydrogen-bond acceptors (Lipinski definition) is 2. The van der Waals surface area contributed by atoms with Crippen LogP contribution in [0.5, 0.6) is 11.5 Å². The highest BCUT2D eigenvalue weighted by atomic mass is 16.3. The Morgan fingerprint density at radius 1 is 0.688 bits per heavy atom. The summed E-state index contributed by atoms with van der Waals surface area (Å²) in [5, 5.41) is 23.1. The summed E-state index contributed by atoms with van der Waals surface area (Å²) in [5.41, 5.74) is 6.84. The topological polar surface area (TPSA) is 40.5 Å². The molecule has 2 aliphatic carbocycles. The number of phenolic OH excluding ortho intramolecular Hbond substituents is 2. The monoisotopic (exact) mass is 434 g/mol. The molecule has 2 aromatic rings. The van der Waals surface area contributed by atoms with E-state index in [0.29, 0.717) is 11.5 Å². The second kappa shape index (κ2) is 8.76. The van der Waals surface area contributed by atoms with Crippen LogP contribution in [0.2, 0.25) is 0 Å². The third-order valence-corrected chi connectivity index (χ3v) is 8.86. The number of rotatable bonds is 6. The molecule has 0 spiro atoms. The van der Waals surface area contributed by atoms with Crippen molar-refractivity contribution in [3.63, 3.8) is 0 Å². The summed E-state index contributed by atoms with van der Waals surface area (Å²) < 4.78 is 0. The first-order valence-corrected chi connectivity index (χ1v) is 12.9. The highest BCUT2D eigenvalue weighted by Gasteiger charge is 2.36. The minimum absolute atomic E-state index is 0.0551. The summed E-state index contributed by atoms with van der Waals surface area (Å²) in [4.78, 5) is 0. The zero-order chi connectivity index (χ0) is 23.1. The van der Waals surface area contributed by atoms with Gasteiger partial charge in [0, 0.05) is 28.2 Å². The largest absolute Gasteiger partial charge is 0.507 e. The van der Waals surface area contributed by atoms with Crippen LogP contribution in [0.25, 0.3) is 0 Å². The van der Waals surface area contributed by atoms with E-state index in [4.69, 9.17) is 0 Å². The van der Waals surface area contributed by atoms with Gasteiger partial charge in [0.05, 0.1) is 0 Å². The van der Waals surface area contributed by atoms with Crippen LogP contribution in [0, 0.1) is 0 Å². The lowest BCUT2D eigenvalue weighted by Gasteiger charge is -2.30. The van der Waals surface area contributed by atoms with Gasteiger partial charge >= 0.3 is 0 Å². The zero-order valence-electron chi connectivity index (χ0n) is 20.9. The molecule has 0 unspecified atom stereocenters. The molecule has 2 saturated carbocycles. The fourth-order valence-corrected chi connectivity index (χ4v) is 6.44. The SMILES string of the molecule is CCc1cc(C(C)c2cc(CC)cc(C3(C)CCCC3)c2O)c(O)c(C2(C)CCCC2)c1. The quantitative estimate of drug-likeness (QED) is 0.483. The molecule has 0 heterocycles. The Balaban J connectivity index is 1.85. The molecule has 4 rings (SSSR count). The highest BCUT2D eigenvalue weighted by molar-refractivity contribution is 5.56. The molecular weight excluding hydrogens is 392 g/mol. The molecule has 2 fully saturated rings. The number of aromatic hydroxyl groups is 2. The number of hydrogen-bond donors (Lipinski definition) is 2. The predicted octanol–water partition coefficient (Wildman–Crippen LogP) is 8.04. The van der Waals surface area contributed by atoms with E-state index >= 15 is 0 Å². The van der Waals surface area contributed by atoms with Crippen LogP contribution in [0.15, 0.2) is 24.3 Å². The lowest BCUT2D eigenvalue weighted by Crippen LogP contribution is -2.19. The van der Waals surface area contributed by atoms with Gasteiger partial charge in [-0.15, -0.1) is 0 Å². The standard InChI is InChI=1S/C30H42O2/c1-6-21-16-23(27(31)25(18-21)29(4)12-8-9-13-29)20(3)24-17-22(7-2)19-26(28(24)32)30(5)14-10-11-15-30/h16-20,31-32H,6-15H2,1-5H3. The Morgan fingerprint density at radius 3 is 1.34 bits per heavy atom. The zero-order valence-corrected chi connectivity index (χ0v) is 20.9. The normalized spacial score (nSPS) is 19.7. The molecule has 2 N–H and O–H groups in total. The van der Waals surface area contributed by atoms with Crippen molar-refractivity contribution >= 4 is 0 Å². The molecule has 0 radical (unpaired) electrons. The maximum atomic E-state index is 11.5. The Kier molecular flexibility index (Phi) is 6.36. The van der Waals surface area contributed by atoms with Crippen molar-refractivity contribution in [1.82, 2.24) is 0 Å². The van der Waals surface area contributed by atoms with E-state index in [9.17, 15) is 10.2 Å². The average Bonchev–Trinajstić information content (AvgIpc) is 3.43. The van der Waals surface area contributed by atoms with Crippen molar-refractivity contribution in [2.45, 2.75) is 116 Å². The predicted molar refractivity (Wildman–Crippen MR) is 134 cm³/mol. The summed E-state index contributed by atoms with van der Waals surface area (Å²) in [5.74, 6) is 0.851. The van der Waals surface area contributed by atoms with Crippen molar-refractivity contribution in [2.24, 2.45) is 0 Å². The van der Waals surface area contributed by atoms with Crippen LogP contribution in [-0.4, -0.2) is 10.2 Å². The molecule has 0 amide bonds. The van der Waals surface area contributed by atoms with Crippen molar-refractivity contribution in [3.8, 4) is 11.5 Å². The van der Waals surface area contributed by atoms with Gasteiger partial charge in [-0.05, 0) is 60.5 Å². The van der Waals surface area contributed by atoms with Crippen molar-refractivity contribution < 1.29 is 10.2 Å². The first-order valence-electron chi connectivity index (χ1n) is 12.9. The van der Waals surface area contributed by atoms with E-state index < -0.39 is 0 Å². The number of phenols is 2. The van der Waals surface area contributed by atoms with E-state index in [1.165, 1.54) is 36.8 Å². The molecular formula is C30H42O2. The average molecular weight is 435 g/mol. The van der Waals surface area contributed by atoms with E-state index in [0.717, 1.165) is 60.8 Å². The minimum atomic E-state index is -0.0551. The summed E-state index contributed by atoms with van der Waals surface area (Å²) in [6.45, 7) is 11.2. The van der Waals surface area contributed by atoms with Gasteiger partial charge in [0.25, 0.3) is 0 Å². The van der Waals surface area contributed by atoms with Crippen LogP contribution in [0.3, 0.4) is 0 Å². The van der Waals surface area contributed by atoms with Crippen molar-refractivity contribution in [2.75, 3.05) is 0 Å². The highest BCUT2D eigenvalue weighted by Crippen LogP contribution is 2.50. The van der Waals surface area contributed by atoms with Crippen LogP contribution >= 0.6 is 0 Å². The lowest BCUT2D eigenvalue weighted by atomic mass is 9.75. The van der Waals surface area contributed by atoms with Crippen molar-refractivity contribution in [3.05, 3.63) is 57.6 Å². The van der Waals surface area contributed by atoms with Crippen LogP contribution in [0.4, 0.5) is 0 Å². The maximum Gasteiger partial charge on any atom is 0.123 e. The molecule has 0 aromatic heterocycles. The fraction of sp³-hybridized carbons (Fsp3) is 0.600. The molecule has 174 valence electrons. The molecule has 0 atom stereocenters. The van der Waals surface area contributed by atoms with Crippen LogP contribution in [-0.2, 0) is 23.7 Å². The summed E-state index contributed by atoms with van der Waals surface area (Å²) in [7, 11) is 0. The number of benzene rings is 2. The third-order valence-electron chi connectivity index (χ3n) is 8.86. The molecule has 0 saturated heterocycles. The van der Waals surface area contributed by atoms with Gasteiger partial charge in [-0.2, -0.15) is 0 Å². The smallest absolute Gasteiger partial charge is 0.123 e. The van der Waals surface area contributed by atoms with Crippen LogP contribution in [0.1, 0.15) is 125 Å². The van der Waals surface area contributed by atoms with E-state index in [1.807, 2.05) is 0 Å². The molecule has 32 heavy (non-hydrogen) atoms. The molecule has 0 bridgehead atoms. The maximum absolute atomic E-state index is 11.5. The fourth-order valence-electron chi connectivity index (χ4n) is 6.44. The van der Waals surface area contributed by atoms with Gasteiger partial charge in [0.1, 0.15) is 11.5 Å². The molecule has 2 aromatic carbocycles. The summed E-state index contributed by atoms with van der Waals surface area (Å²) in [6.07, 6.45) is 11.4. The summed E-state index contributed by atoms with van der Waals surface area (Å²) >= 11 is 0. The first-order chi connectivity index (χ1) is 15.2. The van der Waals surface area contributed by atoms with Crippen LogP contribution < -0.4 is 0 Å². The Hall–Kier alpha value is -1.96. The Labute approximate surface area is 195 Å². The number of aryl methyl sites for hydroxylation is 2. The van der Waals surface area contributed by atoms with Gasteiger partial charge in [-0.1, -0.05) is 84.6 Å².